The lowest BCUT2D eigenvalue weighted by Crippen LogP contribution is -2.34. The summed E-state index contributed by atoms with van der Waals surface area (Å²) < 4.78 is 0. The van der Waals surface area contributed by atoms with Gasteiger partial charge in [0.05, 0.1) is 12.4 Å². The molecular weight excluding hydrogens is 226 g/mol. The molecule has 0 aliphatic carbocycles. The van der Waals surface area contributed by atoms with Gasteiger partial charge in [-0.2, -0.15) is 0 Å². The molecule has 1 saturated heterocycles. The van der Waals surface area contributed by atoms with Gasteiger partial charge in [0, 0.05) is 25.7 Å². The van der Waals surface area contributed by atoms with Gasteiger partial charge in [0.1, 0.15) is 11.6 Å². The number of likely N-dealkylation sites (N-methyl/N-ethyl adjacent to an activating group) is 1. The highest BCUT2D eigenvalue weighted by Gasteiger charge is 2.31. The van der Waals surface area contributed by atoms with Gasteiger partial charge >= 0.3 is 0 Å². The van der Waals surface area contributed by atoms with E-state index >= 15 is 0 Å². The van der Waals surface area contributed by atoms with E-state index in [4.69, 9.17) is 0 Å². The molecule has 1 N–H and O–H groups in total. The van der Waals surface area contributed by atoms with Gasteiger partial charge in [-0.25, -0.2) is 4.98 Å². The van der Waals surface area contributed by atoms with Gasteiger partial charge in [0.2, 0.25) is 0 Å². The van der Waals surface area contributed by atoms with Crippen LogP contribution in [0.3, 0.4) is 0 Å². The molecule has 1 aromatic rings. The van der Waals surface area contributed by atoms with Crippen LogP contribution in [0.5, 0.6) is 0 Å². The zero-order valence-corrected chi connectivity index (χ0v) is 11.7. The molecule has 1 fully saturated rings. The predicted octanol–water partition coefficient (Wildman–Crippen LogP) is 1.29. The first kappa shape index (κ1) is 13.1. The van der Waals surface area contributed by atoms with Crippen molar-refractivity contribution in [2.75, 3.05) is 43.9 Å². The van der Waals surface area contributed by atoms with E-state index in [0.717, 1.165) is 31.3 Å². The van der Waals surface area contributed by atoms with Crippen LogP contribution in [0.25, 0.3) is 0 Å². The summed E-state index contributed by atoms with van der Waals surface area (Å²) in [5.74, 6) is 2.49. The largest absolute Gasteiger partial charge is 0.369 e. The molecule has 0 saturated carbocycles. The highest BCUT2D eigenvalue weighted by atomic mass is 15.3. The van der Waals surface area contributed by atoms with Crippen LogP contribution in [0, 0.1) is 5.92 Å². The maximum absolute atomic E-state index is 4.61. The predicted molar refractivity (Wildman–Crippen MR) is 75.0 cm³/mol. The third kappa shape index (κ3) is 2.72. The monoisotopic (exact) mass is 249 g/mol. The Morgan fingerprint density at radius 1 is 1.39 bits per heavy atom. The molecule has 18 heavy (non-hydrogen) atoms. The smallest absolute Gasteiger partial charge is 0.149 e. The molecule has 1 aliphatic heterocycles. The first-order valence-corrected chi connectivity index (χ1v) is 6.59. The summed E-state index contributed by atoms with van der Waals surface area (Å²) in [7, 11) is 4.29. The standard InChI is InChI=1S/C13H23N5/c1-5-15-12-6-14-7-13(16-12)18-8-10(2)11(9-18)17(3)4/h6-7,10-11H,5,8-9H2,1-4H3,(H,15,16). The van der Waals surface area contributed by atoms with E-state index in [1.807, 2.05) is 6.20 Å². The van der Waals surface area contributed by atoms with E-state index in [-0.39, 0.29) is 0 Å². The van der Waals surface area contributed by atoms with Crippen LogP contribution < -0.4 is 10.2 Å². The first-order valence-electron chi connectivity index (χ1n) is 6.59. The van der Waals surface area contributed by atoms with Crippen LogP contribution in [0.4, 0.5) is 11.6 Å². The van der Waals surface area contributed by atoms with Crippen molar-refractivity contribution in [1.82, 2.24) is 14.9 Å². The SMILES string of the molecule is CCNc1cncc(N2CC(C)C(N(C)C)C2)n1. The maximum Gasteiger partial charge on any atom is 0.149 e. The molecule has 5 nitrogen and oxygen atoms in total. The fourth-order valence-corrected chi connectivity index (χ4v) is 2.58. The van der Waals surface area contributed by atoms with Crippen LogP contribution in [-0.2, 0) is 0 Å². The molecule has 2 heterocycles. The van der Waals surface area contributed by atoms with Crippen molar-refractivity contribution in [2.45, 2.75) is 19.9 Å². The number of hydrogen-bond acceptors (Lipinski definition) is 5. The minimum Gasteiger partial charge on any atom is -0.369 e. The third-order valence-electron chi connectivity index (χ3n) is 3.54. The van der Waals surface area contributed by atoms with Crippen molar-refractivity contribution >= 4 is 11.6 Å². The fraction of sp³-hybridized carbons (Fsp3) is 0.692. The van der Waals surface area contributed by atoms with Gasteiger partial charge in [0.25, 0.3) is 0 Å². The Balaban J connectivity index is 2.11. The number of nitrogens with zero attached hydrogens (tertiary/aromatic N) is 4. The van der Waals surface area contributed by atoms with E-state index < -0.39 is 0 Å². The van der Waals surface area contributed by atoms with Gasteiger partial charge < -0.3 is 15.1 Å². The fourth-order valence-electron chi connectivity index (χ4n) is 2.58. The van der Waals surface area contributed by atoms with Crippen molar-refractivity contribution in [1.29, 1.82) is 0 Å². The molecule has 1 aliphatic rings. The summed E-state index contributed by atoms with van der Waals surface area (Å²) in [5, 5.41) is 3.21. The van der Waals surface area contributed by atoms with Crippen LogP contribution in [-0.4, -0.2) is 54.6 Å². The Labute approximate surface area is 109 Å². The molecule has 0 bridgehead atoms. The van der Waals surface area contributed by atoms with E-state index in [2.05, 4.69) is 53.0 Å². The Bertz CT molecular complexity index is 393. The molecule has 2 unspecified atom stereocenters. The van der Waals surface area contributed by atoms with Crippen molar-refractivity contribution in [3.05, 3.63) is 12.4 Å². The van der Waals surface area contributed by atoms with Gasteiger partial charge in [-0.1, -0.05) is 6.92 Å². The van der Waals surface area contributed by atoms with Crippen molar-refractivity contribution < 1.29 is 0 Å². The number of nitrogens with one attached hydrogen (secondary N) is 1. The van der Waals surface area contributed by atoms with Crippen molar-refractivity contribution in [3.8, 4) is 0 Å². The molecule has 100 valence electrons. The molecule has 0 amide bonds. The number of anilines is 2. The second-order valence-corrected chi connectivity index (χ2v) is 5.21. The minimum atomic E-state index is 0.592. The minimum absolute atomic E-state index is 0.592. The summed E-state index contributed by atoms with van der Waals surface area (Å²) in [6, 6.07) is 0.592. The number of hydrogen-bond donors (Lipinski definition) is 1. The normalized spacial score (nSPS) is 23.7. The average Bonchev–Trinajstić information content (AvgIpc) is 2.72. The van der Waals surface area contributed by atoms with E-state index in [0.29, 0.717) is 12.0 Å². The van der Waals surface area contributed by atoms with Crippen LogP contribution >= 0.6 is 0 Å². The van der Waals surface area contributed by atoms with E-state index in [9.17, 15) is 0 Å². The van der Waals surface area contributed by atoms with Gasteiger partial charge in [-0.3, -0.25) is 4.98 Å². The first-order chi connectivity index (χ1) is 8.61. The Morgan fingerprint density at radius 2 is 2.17 bits per heavy atom. The summed E-state index contributed by atoms with van der Waals surface area (Å²) in [5.41, 5.74) is 0. The summed E-state index contributed by atoms with van der Waals surface area (Å²) >= 11 is 0. The molecule has 2 atom stereocenters. The highest BCUT2D eigenvalue weighted by molar-refractivity contribution is 5.45. The summed E-state index contributed by atoms with van der Waals surface area (Å²) in [6.07, 6.45) is 3.63. The maximum atomic E-state index is 4.61. The molecule has 1 aromatic heterocycles. The molecule has 0 aromatic carbocycles. The summed E-state index contributed by atoms with van der Waals surface area (Å²) in [4.78, 5) is 13.5. The highest BCUT2D eigenvalue weighted by Crippen LogP contribution is 2.24. The average molecular weight is 249 g/mol. The Morgan fingerprint density at radius 3 is 2.78 bits per heavy atom. The van der Waals surface area contributed by atoms with Crippen molar-refractivity contribution in [2.24, 2.45) is 5.92 Å². The van der Waals surface area contributed by atoms with Gasteiger partial charge in [-0.15, -0.1) is 0 Å². The van der Waals surface area contributed by atoms with E-state index in [1.54, 1.807) is 6.20 Å². The lowest BCUT2D eigenvalue weighted by atomic mass is 10.1. The number of aromatic nitrogens is 2. The zero-order chi connectivity index (χ0) is 13.1. The van der Waals surface area contributed by atoms with Gasteiger partial charge in [0.15, 0.2) is 0 Å². The van der Waals surface area contributed by atoms with Gasteiger partial charge in [-0.05, 0) is 26.9 Å². The van der Waals surface area contributed by atoms with E-state index in [1.165, 1.54) is 0 Å². The van der Waals surface area contributed by atoms with Crippen molar-refractivity contribution in [3.63, 3.8) is 0 Å². The molecule has 0 spiro atoms. The number of rotatable bonds is 4. The van der Waals surface area contributed by atoms with Crippen LogP contribution in [0.2, 0.25) is 0 Å². The van der Waals surface area contributed by atoms with Crippen LogP contribution in [0.1, 0.15) is 13.8 Å². The molecular formula is C13H23N5. The summed E-state index contributed by atoms with van der Waals surface area (Å²) in [6.45, 7) is 7.31. The lowest BCUT2D eigenvalue weighted by molar-refractivity contribution is 0.266. The Hall–Kier alpha value is -1.36. The topological polar surface area (TPSA) is 44.3 Å². The zero-order valence-electron chi connectivity index (χ0n) is 11.7. The lowest BCUT2D eigenvalue weighted by Gasteiger charge is -2.22. The quantitative estimate of drug-likeness (QED) is 0.871. The second-order valence-electron chi connectivity index (χ2n) is 5.21. The second kappa shape index (κ2) is 5.52. The Kier molecular flexibility index (Phi) is 4.01. The third-order valence-corrected chi connectivity index (χ3v) is 3.54. The molecule has 5 heteroatoms. The molecule has 2 rings (SSSR count). The van der Waals surface area contributed by atoms with Crippen LogP contribution in [0.15, 0.2) is 12.4 Å². The molecule has 0 radical (unpaired) electrons.